The van der Waals surface area contributed by atoms with Gasteiger partial charge >= 0.3 is 11.7 Å². The summed E-state index contributed by atoms with van der Waals surface area (Å²) in [5.74, 6) is 0. The van der Waals surface area contributed by atoms with E-state index in [-0.39, 0.29) is 17.2 Å². The van der Waals surface area contributed by atoms with Crippen LogP contribution in [0.1, 0.15) is 0 Å². The molecule has 2 heterocycles. The van der Waals surface area contributed by atoms with Crippen molar-refractivity contribution in [2.24, 2.45) is 7.05 Å². The number of likely N-dealkylation sites (N-methyl/N-ethyl adjacent to an activating group) is 1. The Balaban J connectivity index is 2.45. The first-order chi connectivity index (χ1) is 8.63. The molecule has 0 aliphatic heterocycles. The summed E-state index contributed by atoms with van der Waals surface area (Å²) in [6.45, 7) is 0.971. The number of aromatic amines is 1. The van der Waals surface area contributed by atoms with Gasteiger partial charge in [-0.1, -0.05) is 5.10 Å². The predicted octanol–water partition coefficient (Wildman–Crippen LogP) is -1.99. The highest BCUT2D eigenvalue weighted by Gasteiger charge is 2.09. The zero-order valence-corrected chi connectivity index (χ0v) is 9.93. The molecular formula is C9H12N6O3. The van der Waals surface area contributed by atoms with Crippen molar-refractivity contribution in [1.29, 1.82) is 0 Å². The Hall–Kier alpha value is -2.29. The molecular weight excluding hydrogens is 240 g/mol. The van der Waals surface area contributed by atoms with Gasteiger partial charge in [-0.25, -0.2) is 4.79 Å². The van der Waals surface area contributed by atoms with Crippen LogP contribution in [0.2, 0.25) is 0 Å². The van der Waals surface area contributed by atoms with Gasteiger partial charge in [0.15, 0.2) is 11.2 Å². The molecule has 18 heavy (non-hydrogen) atoms. The van der Waals surface area contributed by atoms with Gasteiger partial charge in [0.05, 0.1) is 0 Å². The second-order valence-electron chi connectivity index (χ2n) is 3.54. The van der Waals surface area contributed by atoms with Crippen molar-refractivity contribution in [3.8, 4) is 6.01 Å². The Bertz CT molecular complexity index is 676. The van der Waals surface area contributed by atoms with Crippen molar-refractivity contribution in [3.05, 3.63) is 20.8 Å². The maximum Gasteiger partial charge on any atom is 0.336 e. The van der Waals surface area contributed by atoms with Crippen LogP contribution in [0.4, 0.5) is 0 Å². The molecule has 9 nitrogen and oxygen atoms in total. The summed E-state index contributed by atoms with van der Waals surface area (Å²) < 4.78 is 6.10. The van der Waals surface area contributed by atoms with Crippen LogP contribution in [0, 0.1) is 0 Å². The monoisotopic (exact) mass is 252 g/mol. The molecule has 0 unspecified atom stereocenters. The third kappa shape index (κ3) is 2.20. The second kappa shape index (κ2) is 4.92. The van der Waals surface area contributed by atoms with Crippen molar-refractivity contribution in [3.63, 3.8) is 0 Å². The van der Waals surface area contributed by atoms with E-state index in [1.54, 1.807) is 7.05 Å². The SMILES string of the molecule is CNCCOc1nnc2[nH]c(=O)n(C)c(=O)c2n1. The minimum absolute atomic E-state index is 0.00176. The molecule has 0 aliphatic carbocycles. The highest BCUT2D eigenvalue weighted by atomic mass is 16.5. The Morgan fingerprint density at radius 3 is 2.89 bits per heavy atom. The maximum atomic E-state index is 11.8. The lowest BCUT2D eigenvalue weighted by Crippen LogP contribution is -2.33. The first-order valence-electron chi connectivity index (χ1n) is 5.24. The lowest BCUT2D eigenvalue weighted by Gasteiger charge is -2.03. The zero-order valence-electron chi connectivity index (χ0n) is 9.93. The average Bonchev–Trinajstić information content (AvgIpc) is 2.37. The fourth-order valence-corrected chi connectivity index (χ4v) is 1.29. The van der Waals surface area contributed by atoms with Gasteiger partial charge in [-0.3, -0.25) is 14.3 Å². The van der Waals surface area contributed by atoms with Crippen LogP contribution in [0.5, 0.6) is 6.01 Å². The van der Waals surface area contributed by atoms with E-state index in [1.165, 1.54) is 7.05 Å². The second-order valence-corrected chi connectivity index (χ2v) is 3.54. The Morgan fingerprint density at radius 2 is 2.17 bits per heavy atom. The van der Waals surface area contributed by atoms with Gasteiger partial charge in [0.1, 0.15) is 6.61 Å². The molecule has 0 amide bonds. The van der Waals surface area contributed by atoms with Crippen LogP contribution in [0.15, 0.2) is 9.59 Å². The molecule has 96 valence electrons. The molecule has 2 rings (SSSR count). The van der Waals surface area contributed by atoms with E-state index in [0.717, 1.165) is 4.57 Å². The van der Waals surface area contributed by atoms with Crippen molar-refractivity contribution >= 4 is 11.2 Å². The Labute approximate surface area is 101 Å². The molecule has 9 heteroatoms. The fourth-order valence-electron chi connectivity index (χ4n) is 1.29. The van der Waals surface area contributed by atoms with Crippen LogP contribution in [-0.2, 0) is 7.05 Å². The normalized spacial score (nSPS) is 10.8. The van der Waals surface area contributed by atoms with Gasteiger partial charge in [-0.15, -0.1) is 5.10 Å². The molecule has 0 spiro atoms. The zero-order chi connectivity index (χ0) is 13.1. The van der Waals surface area contributed by atoms with Crippen molar-refractivity contribution in [2.75, 3.05) is 20.2 Å². The third-order valence-corrected chi connectivity index (χ3v) is 2.29. The summed E-state index contributed by atoms with van der Waals surface area (Å²) in [5.41, 5.74) is -1.04. The van der Waals surface area contributed by atoms with E-state index in [0.29, 0.717) is 13.2 Å². The molecule has 0 aliphatic rings. The quantitative estimate of drug-likeness (QED) is 0.605. The number of aromatic nitrogens is 5. The summed E-state index contributed by atoms with van der Waals surface area (Å²) in [6.07, 6.45) is 0. The van der Waals surface area contributed by atoms with Crippen molar-refractivity contribution < 1.29 is 4.74 Å². The maximum absolute atomic E-state index is 11.8. The van der Waals surface area contributed by atoms with E-state index >= 15 is 0 Å². The highest BCUT2D eigenvalue weighted by molar-refractivity contribution is 5.67. The van der Waals surface area contributed by atoms with Crippen LogP contribution >= 0.6 is 0 Å². The number of hydrogen-bond acceptors (Lipinski definition) is 7. The summed E-state index contributed by atoms with van der Waals surface area (Å²) in [4.78, 5) is 29.4. The van der Waals surface area contributed by atoms with E-state index in [1.807, 2.05) is 0 Å². The van der Waals surface area contributed by atoms with E-state index < -0.39 is 11.2 Å². The summed E-state index contributed by atoms with van der Waals surface area (Å²) in [5, 5.41) is 10.2. The molecule has 2 N–H and O–H groups in total. The smallest absolute Gasteiger partial charge is 0.336 e. The molecule has 0 atom stereocenters. The summed E-state index contributed by atoms with van der Waals surface area (Å²) in [6, 6.07) is 0.00176. The minimum Gasteiger partial charge on any atom is -0.461 e. The van der Waals surface area contributed by atoms with E-state index in [4.69, 9.17) is 4.74 Å². The number of hydrogen-bond donors (Lipinski definition) is 2. The molecule has 0 fully saturated rings. The first-order valence-corrected chi connectivity index (χ1v) is 5.24. The van der Waals surface area contributed by atoms with Crippen LogP contribution in [0.3, 0.4) is 0 Å². The van der Waals surface area contributed by atoms with Gasteiger partial charge in [0, 0.05) is 13.6 Å². The largest absolute Gasteiger partial charge is 0.461 e. The van der Waals surface area contributed by atoms with Crippen LogP contribution in [0.25, 0.3) is 11.2 Å². The lowest BCUT2D eigenvalue weighted by atomic mass is 10.5. The number of nitrogens with one attached hydrogen (secondary N) is 2. The summed E-state index contributed by atoms with van der Waals surface area (Å²) in [7, 11) is 3.13. The Kier molecular flexibility index (Phi) is 3.33. The molecule has 2 aromatic rings. The number of fused-ring (bicyclic) bond motifs is 1. The van der Waals surface area contributed by atoms with Gasteiger partial charge in [-0.2, -0.15) is 4.98 Å². The Morgan fingerprint density at radius 1 is 1.39 bits per heavy atom. The number of rotatable bonds is 4. The molecule has 0 saturated carbocycles. The van der Waals surface area contributed by atoms with Crippen molar-refractivity contribution in [1.82, 2.24) is 30.0 Å². The molecule has 2 aromatic heterocycles. The molecule has 0 radical (unpaired) electrons. The highest BCUT2D eigenvalue weighted by Crippen LogP contribution is 2.02. The standard InChI is InChI=1S/C9H12N6O3/c1-10-3-4-18-8-11-5-6(13-14-8)12-9(17)15(2)7(5)16/h10H,3-4H2,1-2H3,(H,12,13,17). The van der Waals surface area contributed by atoms with Crippen LogP contribution < -0.4 is 21.3 Å². The van der Waals surface area contributed by atoms with Crippen molar-refractivity contribution in [2.45, 2.75) is 0 Å². The molecule has 0 aromatic carbocycles. The topological polar surface area (TPSA) is 115 Å². The minimum atomic E-state index is -0.563. The van der Waals surface area contributed by atoms with Crippen LogP contribution in [-0.4, -0.2) is 44.9 Å². The molecule has 0 bridgehead atoms. The van der Waals surface area contributed by atoms with E-state index in [2.05, 4.69) is 25.5 Å². The first kappa shape index (κ1) is 12.2. The molecule has 0 saturated heterocycles. The van der Waals surface area contributed by atoms with E-state index in [9.17, 15) is 9.59 Å². The van der Waals surface area contributed by atoms with Gasteiger partial charge in [0.2, 0.25) is 0 Å². The lowest BCUT2D eigenvalue weighted by molar-refractivity contribution is 0.291. The van der Waals surface area contributed by atoms with Gasteiger partial charge < -0.3 is 10.1 Å². The average molecular weight is 252 g/mol. The number of ether oxygens (including phenoxy) is 1. The van der Waals surface area contributed by atoms with Gasteiger partial charge in [-0.05, 0) is 7.05 Å². The third-order valence-electron chi connectivity index (χ3n) is 2.29. The number of nitrogens with zero attached hydrogens (tertiary/aromatic N) is 4. The summed E-state index contributed by atoms with van der Waals surface area (Å²) >= 11 is 0. The number of H-pyrrole nitrogens is 1. The predicted molar refractivity (Wildman–Crippen MR) is 62.6 cm³/mol. The van der Waals surface area contributed by atoms with Gasteiger partial charge in [0.25, 0.3) is 5.56 Å². The fraction of sp³-hybridized carbons (Fsp3) is 0.444.